The minimum atomic E-state index is 0.658. The summed E-state index contributed by atoms with van der Waals surface area (Å²) in [6, 6.07) is 4.11. The summed E-state index contributed by atoms with van der Waals surface area (Å²) in [5.74, 6) is 0.853. The third kappa shape index (κ3) is 5.28. The molecule has 5 heteroatoms. The second-order valence-corrected chi connectivity index (χ2v) is 5.69. The second-order valence-electron chi connectivity index (χ2n) is 3.42. The summed E-state index contributed by atoms with van der Waals surface area (Å²) < 4.78 is 12.9. The summed E-state index contributed by atoms with van der Waals surface area (Å²) in [5.41, 5.74) is 1.20. The molecule has 0 saturated heterocycles. The predicted molar refractivity (Wildman–Crippen MR) is 81.1 cm³/mol. The minimum absolute atomic E-state index is 0.658. The van der Waals surface area contributed by atoms with Crippen molar-refractivity contribution in [2.24, 2.45) is 0 Å². The van der Waals surface area contributed by atoms with Crippen LogP contribution in [0.4, 0.5) is 0 Å². The molecule has 0 spiro atoms. The van der Waals surface area contributed by atoms with Gasteiger partial charge in [0, 0.05) is 25.0 Å². The molecular formula is C12H15Br3O2. The van der Waals surface area contributed by atoms with Crippen LogP contribution in [0.5, 0.6) is 5.75 Å². The Morgan fingerprint density at radius 2 is 1.76 bits per heavy atom. The van der Waals surface area contributed by atoms with Crippen LogP contribution < -0.4 is 4.74 Å². The van der Waals surface area contributed by atoms with Crippen LogP contribution in [-0.2, 0) is 10.1 Å². The third-order valence-electron chi connectivity index (χ3n) is 2.10. The summed E-state index contributed by atoms with van der Waals surface area (Å²) in [6.45, 7) is 4.15. The van der Waals surface area contributed by atoms with Crippen LogP contribution in [0.15, 0.2) is 21.1 Å². The average Bonchev–Trinajstić information content (AvgIpc) is 2.31. The Morgan fingerprint density at radius 3 is 2.29 bits per heavy atom. The smallest absolute Gasteiger partial charge is 0.147 e. The maximum atomic E-state index is 5.72. The number of hydrogen-bond acceptors (Lipinski definition) is 2. The van der Waals surface area contributed by atoms with Crippen molar-refractivity contribution in [2.45, 2.75) is 18.7 Å². The Hall–Kier alpha value is 0.420. The van der Waals surface area contributed by atoms with E-state index >= 15 is 0 Å². The molecule has 0 atom stereocenters. The quantitative estimate of drug-likeness (QED) is 0.452. The lowest BCUT2D eigenvalue weighted by Crippen LogP contribution is -2.03. The first-order valence-corrected chi connectivity index (χ1v) is 8.14. The van der Waals surface area contributed by atoms with Crippen LogP contribution in [0.1, 0.15) is 18.9 Å². The molecule has 1 rings (SSSR count). The van der Waals surface area contributed by atoms with Crippen molar-refractivity contribution in [3.63, 3.8) is 0 Å². The van der Waals surface area contributed by atoms with Gasteiger partial charge in [-0.05, 0) is 56.5 Å². The lowest BCUT2D eigenvalue weighted by Gasteiger charge is -2.11. The summed E-state index contributed by atoms with van der Waals surface area (Å²) in [6.07, 6.45) is 0.896. The van der Waals surface area contributed by atoms with E-state index in [2.05, 4.69) is 59.9 Å². The number of benzene rings is 1. The van der Waals surface area contributed by atoms with Crippen molar-refractivity contribution in [1.29, 1.82) is 0 Å². The third-order valence-corrected chi connectivity index (χ3v) is 3.92. The van der Waals surface area contributed by atoms with Gasteiger partial charge in [0.2, 0.25) is 0 Å². The first kappa shape index (κ1) is 15.5. The zero-order valence-electron chi connectivity index (χ0n) is 9.64. The van der Waals surface area contributed by atoms with Gasteiger partial charge in [-0.3, -0.25) is 0 Å². The molecule has 0 radical (unpaired) electrons. The van der Waals surface area contributed by atoms with Crippen molar-refractivity contribution in [1.82, 2.24) is 0 Å². The maximum absolute atomic E-state index is 5.72. The highest BCUT2D eigenvalue weighted by atomic mass is 79.9. The van der Waals surface area contributed by atoms with Gasteiger partial charge in [-0.1, -0.05) is 15.9 Å². The van der Waals surface area contributed by atoms with Gasteiger partial charge in [0.05, 0.1) is 15.6 Å². The molecule has 0 N–H and O–H groups in total. The van der Waals surface area contributed by atoms with Gasteiger partial charge >= 0.3 is 0 Å². The zero-order chi connectivity index (χ0) is 12.7. The van der Waals surface area contributed by atoms with E-state index in [4.69, 9.17) is 9.47 Å². The monoisotopic (exact) mass is 428 g/mol. The van der Waals surface area contributed by atoms with Crippen LogP contribution in [0.25, 0.3) is 0 Å². The van der Waals surface area contributed by atoms with Gasteiger partial charge < -0.3 is 9.47 Å². The Kier molecular flexibility index (Phi) is 7.75. The van der Waals surface area contributed by atoms with E-state index in [0.717, 1.165) is 39.7 Å². The summed E-state index contributed by atoms with van der Waals surface area (Å²) in [4.78, 5) is 0. The van der Waals surface area contributed by atoms with Crippen LogP contribution in [-0.4, -0.2) is 19.8 Å². The Morgan fingerprint density at radius 1 is 1.12 bits per heavy atom. The molecule has 1 aromatic carbocycles. The van der Waals surface area contributed by atoms with E-state index < -0.39 is 0 Å². The molecular weight excluding hydrogens is 416 g/mol. The summed E-state index contributed by atoms with van der Waals surface area (Å²) in [5, 5.41) is 0.828. The van der Waals surface area contributed by atoms with Gasteiger partial charge in [-0.2, -0.15) is 0 Å². The number of halogens is 3. The molecule has 0 bridgehead atoms. The molecule has 0 saturated carbocycles. The highest BCUT2D eigenvalue weighted by Gasteiger charge is 2.08. The molecule has 0 amide bonds. The summed E-state index contributed by atoms with van der Waals surface area (Å²) >= 11 is 10.5. The van der Waals surface area contributed by atoms with E-state index in [-0.39, 0.29) is 0 Å². The molecule has 0 unspecified atom stereocenters. The van der Waals surface area contributed by atoms with E-state index in [1.165, 1.54) is 5.56 Å². The maximum Gasteiger partial charge on any atom is 0.147 e. The number of alkyl halides is 1. The molecule has 0 aliphatic carbocycles. The average molecular weight is 431 g/mol. The van der Waals surface area contributed by atoms with Gasteiger partial charge in [-0.25, -0.2) is 0 Å². The Bertz CT molecular complexity index is 333. The number of rotatable bonds is 7. The molecule has 96 valence electrons. The SMILES string of the molecule is CCOCCCOc1c(Br)cc(CBr)cc1Br. The fraction of sp³-hybridized carbons (Fsp3) is 0.500. The van der Waals surface area contributed by atoms with Crippen LogP contribution >= 0.6 is 47.8 Å². The Balaban J connectivity index is 2.53. The largest absolute Gasteiger partial charge is 0.491 e. The molecule has 1 aromatic rings. The molecule has 0 aliphatic heterocycles. The van der Waals surface area contributed by atoms with Crippen molar-refractivity contribution in [2.75, 3.05) is 19.8 Å². The van der Waals surface area contributed by atoms with E-state index in [9.17, 15) is 0 Å². The first-order chi connectivity index (χ1) is 8.19. The van der Waals surface area contributed by atoms with Gasteiger partial charge in [0.15, 0.2) is 0 Å². The fourth-order valence-corrected chi connectivity index (χ4v) is 3.14. The number of ether oxygens (including phenoxy) is 2. The second kappa shape index (κ2) is 8.51. The molecule has 0 fully saturated rings. The molecule has 0 aromatic heterocycles. The van der Waals surface area contributed by atoms with Crippen molar-refractivity contribution < 1.29 is 9.47 Å². The molecule has 0 aliphatic rings. The number of hydrogen-bond donors (Lipinski definition) is 0. The van der Waals surface area contributed by atoms with Crippen molar-refractivity contribution in [3.05, 3.63) is 26.6 Å². The van der Waals surface area contributed by atoms with Crippen molar-refractivity contribution in [3.8, 4) is 5.75 Å². The van der Waals surface area contributed by atoms with E-state index in [0.29, 0.717) is 6.61 Å². The van der Waals surface area contributed by atoms with E-state index in [1.54, 1.807) is 0 Å². The molecule has 2 nitrogen and oxygen atoms in total. The van der Waals surface area contributed by atoms with Crippen molar-refractivity contribution >= 4 is 47.8 Å². The molecule has 17 heavy (non-hydrogen) atoms. The standard InChI is InChI=1S/C12H15Br3O2/c1-2-16-4-3-5-17-12-10(14)6-9(8-13)7-11(12)15/h6-7H,2-5,8H2,1H3. The van der Waals surface area contributed by atoms with Crippen LogP contribution in [0.2, 0.25) is 0 Å². The van der Waals surface area contributed by atoms with Gasteiger partial charge in [-0.15, -0.1) is 0 Å². The van der Waals surface area contributed by atoms with Crippen LogP contribution in [0.3, 0.4) is 0 Å². The highest BCUT2D eigenvalue weighted by Crippen LogP contribution is 2.35. The summed E-state index contributed by atoms with van der Waals surface area (Å²) in [7, 11) is 0. The first-order valence-electron chi connectivity index (χ1n) is 5.43. The normalized spacial score (nSPS) is 10.6. The fourth-order valence-electron chi connectivity index (χ4n) is 1.31. The van der Waals surface area contributed by atoms with E-state index in [1.807, 2.05) is 6.92 Å². The predicted octanol–water partition coefficient (Wildman–Crippen LogP) is 4.91. The lowest BCUT2D eigenvalue weighted by molar-refractivity contribution is 0.130. The zero-order valence-corrected chi connectivity index (χ0v) is 14.4. The molecule has 0 heterocycles. The topological polar surface area (TPSA) is 18.5 Å². The lowest BCUT2D eigenvalue weighted by atomic mass is 10.2. The highest BCUT2D eigenvalue weighted by molar-refractivity contribution is 9.11. The van der Waals surface area contributed by atoms with Gasteiger partial charge in [0.25, 0.3) is 0 Å². The van der Waals surface area contributed by atoms with Crippen LogP contribution in [0, 0.1) is 0 Å². The Labute approximate surface area is 127 Å². The van der Waals surface area contributed by atoms with Gasteiger partial charge in [0.1, 0.15) is 5.75 Å². The minimum Gasteiger partial charge on any atom is -0.491 e.